The number of unbranched alkanes of at least 4 members (excludes halogenated alkanes) is 5. The fraction of sp³-hybridized carbons (Fsp3) is 0.912. The highest BCUT2D eigenvalue weighted by Crippen LogP contribution is 2.36. The molecule has 1 saturated heterocycles. The highest BCUT2D eigenvalue weighted by Gasteiger charge is 2.46. The van der Waals surface area contributed by atoms with Crippen LogP contribution in [0.1, 0.15) is 144 Å². The van der Waals surface area contributed by atoms with Crippen LogP contribution in [-0.2, 0) is 19.1 Å². The lowest BCUT2D eigenvalue weighted by Crippen LogP contribution is -2.58. The fourth-order valence-electron chi connectivity index (χ4n) is 7.40. The molecule has 1 heterocycles. The average molecular weight is 608 g/mol. The van der Waals surface area contributed by atoms with E-state index in [9.17, 15) is 19.5 Å². The smallest absolute Gasteiger partial charge is 0.315 e. The van der Waals surface area contributed by atoms with Crippen molar-refractivity contribution in [2.24, 2.45) is 17.3 Å². The molecule has 3 amide bonds. The molecule has 43 heavy (non-hydrogen) atoms. The van der Waals surface area contributed by atoms with Crippen LogP contribution in [0.4, 0.5) is 4.79 Å². The van der Waals surface area contributed by atoms with E-state index in [1.54, 1.807) is 13.8 Å². The second-order valence-electron chi connectivity index (χ2n) is 14.7. The third kappa shape index (κ3) is 10.9. The minimum atomic E-state index is -0.946. The van der Waals surface area contributed by atoms with Gasteiger partial charge in [-0.25, -0.2) is 4.79 Å². The summed E-state index contributed by atoms with van der Waals surface area (Å²) in [5.41, 5.74) is -0.717. The van der Waals surface area contributed by atoms with E-state index in [0.717, 1.165) is 64.2 Å². The molecule has 9 heteroatoms. The average Bonchev–Trinajstić information content (AvgIpc) is 3.17. The van der Waals surface area contributed by atoms with Crippen LogP contribution in [0.5, 0.6) is 0 Å². The van der Waals surface area contributed by atoms with E-state index in [0.29, 0.717) is 13.0 Å². The maximum Gasteiger partial charge on any atom is 0.315 e. The minimum Gasteiger partial charge on any atom is -0.481 e. The van der Waals surface area contributed by atoms with E-state index < -0.39 is 29.2 Å². The van der Waals surface area contributed by atoms with Crippen molar-refractivity contribution in [2.45, 2.75) is 167 Å². The summed E-state index contributed by atoms with van der Waals surface area (Å²) in [4.78, 5) is 39.4. The van der Waals surface area contributed by atoms with Crippen molar-refractivity contribution >= 4 is 17.9 Å². The van der Waals surface area contributed by atoms with Gasteiger partial charge in [-0.15, -0.1) is 0 Å². The Balaban J connectivity index is 1.64. The van der Waals surface area contributed by atoms with E-state index in [-0.39, 0.29) is 36.0 Å². The number of hydrogen-bond donors (Lipinski definition) is 4. The Morgan fingerprint density at radius 2 is 1.53 bits per heavy atom. The van der Waals surface area contributed by atoms with Gasteiger partial charge in [-0.1, -0.05) is 97.8 Å². The molecule has 0 aromatic heterocycles. The van der Waals surface area contributed by atoms with E-state index in [1.165, 1.54) is 38.5 Å². The predicted octanol–water partition coefficient (Wildman–Crippen LogP) is 6.68. The van der Waals surface area contributed by atoms with Gasteiger partial charge in [0.15, 0.2) is 5.79 Å². The van der Waals surface area contributed by atoms with Gasteiger partial charge in [-0.05, 0) is 51.9 Å². The summed E-state index contributed by atoms with van der Waals surface area (Å²) in [5.74, 6) is -3.24. The minimum absolute atomic E-state index is 0.00216. The highest BCUT2D eigenvalue weighted by molar-refractivity contribution is 5.82. The molecule has 0 bridgehead atoms. The molecule has 3 fully saturated rings. The van der Waals surface area contributed by atoms with Gasteiger partial charge in [0, 0.05) is 23.5 Å². The van der Waals surface area contributed by atoms with Crippen LogP contribution in [0.3, 0.4) is 0 Å². The zero-order chi connectivity index (χ0) is 31.5. The molecule has 3 rings (SSSR count). The van der Waals surface area contributed by atoms with Crippen molar-refractivity contribution in [3.63, 3.8) is 0 Å². The predicted molar refractivity (Wildman–Crippen MR) is 169 cm³/mol. The maximum atomic E-state index is 13.5. The number of hydrogen-bond acceptors (Lipinski definition) is 5. The van der Waals surface area contributed by atoms with Crippen molar-refractivity contribution in [1.82, 2.24) is 16.0 Å². The van der Waals surface area contributed by atoms with Crippen molar-refractivity contribution < 1.29 is 29.0 Å². The van der Waals surface area contributed by atoms with Crippen molar-refractivity contribution in [2.75, 3.05) is 13.2 Å². The zero-order valence-electron chi connectivity index (χ0n) is 27.7. The first kappa shape index (κ1) is 35.6. The number of rotatable bonds is 14. The Morgan fingerprint density at radius 3 is 2.23 bits per heavy atom. The Kier molecular flexibility index (Phi) is 13.6. The molecular weight excluding hydrogens is 546 g/mol. The van der Waals surface area contributed by atoms with Crippen LogP contribution < -0.4 is 16.0 Å². The van der Waals surface area contributed by atoms with Crippen molar-refractivity contribution in [3.05, 3.63) is 0 Å². The normalized spacial score (nSPS) is 27.3. The Labute approximate surface area is 260 Å². The standard InChI is InChI=1S/C34H61N3O6/c1-6-7-8-9-10-15-20-34(21-16-12-17-22-34)37-31(41)36-27-19-14-11-13-18-25(27)26(30(39)40)23-35-29(38)28-32(2,3)24-42-33(4,5)43-28/h25-28H,6-24H2,1-5H3,(H,35,38)(H,39,40)(H2,36,37,41). The largest absolute Gasteiger partial charge is 0.481 e. The molecule has 3 aliphatic rings. The first-order valence-corrected chi connectivity index (χ1v) is 17.3. The quantitative estimate of drug-likeness (QED) is 0.129. The Hall–Kier alpha value is -1.87. The molecule has 4 atom stereocenters. The number of carboxylic acid groups (broad SMARTS) is 1. The molecule has 0 aromatic rings. The second-order valence-corrected chi connectivity index (χ2v) is 14.7. The van der Waals surface area contributed by atoms with Gasteiger partial charge in [-0.2, -0.15) is 0 Å². The first-order chi connectivity index (χ1) is 20.4. The maximum absolute atomic E-state index is 13.5. The van der Waals surface area contributed by atoms with Gasteiger partial charge in [0.2, 0.25) is 5.91 Å². The van der Waals surface area contributed by atoms with Crippen molar-refractivity contribution in [3.8, 4) is 0 Å². The number of carbonyl (C=O) groups excluding carboxylic acids is 2. The molecule has 1 aliphatic heterocycles. The Morgan fingerprint density at radius 1 is 0.884 bits per heavy atom. The summed E-state index contributed by atoms with van der Waals surface area (Å²) >= 11 is 0. The summed E-state index contributed by atoms with van der Waals surface area (Å²) in [6.07, 6.45) is 17.5. The van der Waals surface area contributed by atoms with Gasteiger partial charge < -0.3 is 30.5 Å². The summed E-state index contributed by atoms with van der Waals surface area (Å²) < 4.78 is 11.7. The molecular formula is C34H61N3O6. The molecule has 9 nitrogen and oxygen atoms in total. The number of nitrogens with one attached hydrogen (secondary N) is 3. The number of carbonyl (C=O) groups is 3. The highest BCUT2D eigenvalue weighted by atomic mass is 16.7. The summed E-state index contributed by atoms with van der Waals surface area (Å²) in [5, 5.41) is 19.9. The topological polar surface area (TPSA) is 126 Å². The van der Waals surface area contributed by atoms with Crippen molar-refractivity contribution in [1.29, 1.82) is 0 Å². The summed E-state index contributed by atoms with van der Waals surface area (Å²) in [6.45, 7) is 9.98. The van der Waals surface area contributed by atoms with Gasteiger partial charge in [0.1, 0.15) is 6.10 Å². The molecule has 0 aromatic carbocycles. The lowest BCUT2D eigenvalue weighted by atomic mass is 9.78. The first-order valence-electron chi connectivity index (χ1n) is 17.3. The third-order valence-electron chi connectivity index (χ3n) is 10.1. The molecule has 0 radical (unpaired) electrons. The number of amides is 3. The number of ether oxygens (including phenoxy) is 2. The number of carboxylic acids is 1. The number of aliphatic carboxylic acids is 1. The SMILES string of the molecule is CCCCCCCCC1(NC(=O)NC2CCCCCC2C(CNC(=O)C2OC(C)(C)OCC2(C)C)C(=O)O)CCCCC1. The number of urea groups is 1. The van der Waals surface area contributed by atoms with Crippen LogP contribution in [0.25, 0.3) is 0 Å². The zero-order valence-corrected chi connectivity index (χ0v) is 27.7. The molecule has 4 N–H and O–H groups in total. The summed E-state index contributed by atoms with van der Waals surface area (Å²) in [7, 11) is 0. The van der Waals surface area contributed by atoms with Crippen LogP contribution in [-0.4, -0.2) is 59.6 Å². The van der Waals surface area contributed by atoms with E-state index in [1.807, 2.05) is 13.8 Å². The Bertz CT molecular complexity index is 901. The van der Waals surface area contributed by atoms with E-state index in [4.69, 9.17) is 9.47 Å². The second kappa shape index (κ2) is 16.4. The van der Waals surface area contributed by atoms with Crippen LogP contribution >= 0.6 is 0 Å². The molecule has 4 unspecified atom stereocenters. The fourth-order valence-corrected chi connectivity index (χ4v) is 7.40. The molecule has 2 aliphatic carbocycles. The van der Waals surface area contributed by atoms with Gasteiger partial charge in [0.25, 0.3) is 0 Å². The van der Waals surface area contributed by atoms with Crippen LogP contribution in [0.15, 0.2) is 0 Å². The van der Waals surface area contributed by atoms with Crippen LogP contribution in [0, 0.1) is 17.3 Å². The summed E-state index contributed by atoms with van der Waals surface area (Å²) in [6, 6.07) is -0.428. The van der Waals surface area contributed by atoms with E-state index >= 15 is 0 Å². The lowest BCUT2D eigenvalue weighted by molar-refractivity contribution is -0.304. The van der Waals surface area contributed by atoms with Gasteiger partial charge in [-0.3, -0.25) is 9.59 Å². The van der Waals surface area contributed by atoms with Gasteiger partial charge >= 0.3 is 12.0 Å². The van der Waals surface area contributed by atoms with Gasteiger partial charge in [0.05, 0.1) is 12.5 Å². The molecule has 2 saturated carbocycles. The van der Waals surface area contributed by atoms with Crippen LogP contribution in [0.2, 0.25) is 0 Å². The molecule has 0 spiro atoms. The molecule has 248 valence electrons. The third-order valence-corrected chi connectivity index (χ3v) is 10.1. The lowest BCUT2D eigenvalue weighted by Gasteiger charge is -2.45. The van der Waals surface area contributed by atoms with E-state index in [2.05, 4.69) is 22.9 Å². The monoisotopic (exact) mass is 607 g/mol.